The second kappa shape index (κ2) is 7.25. The highest BCUT2D eigenvalue weighted by Crippen LogP contribution is 2.37. The largest absolute Gasteiger partial charge is 0.497 e. The predicted molar refractivity (Wildman–Crippen MR) is 104 cm³/mol. The third-order valence-corrected chi connectivity index (χ3v) is 5.48. The lowest BCUT2D eigenvalue weighted by atomic mass is 9.88. The number of methoxy groups -OCH3 is 1. The molecule has 1 aliphatic heterocycles. The molecule has 1 unspecified atom stereocenters. The van der Waals surface area contributed by atoms with Crippen LogP contribution in [0.15, 0.2) is 53.3 Å². The van der Waals surface area contributed by atoms with E-state index in [4.69, 9.17) is 14.7 Å². The Morgan fingerprint density at radius 1 is 1.14 bits per heavy atom. The molecule has 0 aliphatic carbocycles. The van der Waals surface area contributed by atoms with E-state index in [0.717, 1.165) is 22.5 Å². The van der Waals surface area contributed by atoms with Crippen molar-refractivity contribution in [3.8, 4) is 28.3 Å². The fourth-order valence-corrected chi connectivity index (χ4v) is 4.02. The van der Waals surface area contributed by atoms with Gasteiger partial charge >= 0.3 is 5.97 Å². The van der Waals surface area contributed by atoms with E-state index in [1.807, 2.05) is 0 Å². The summed E-state index contributed by atoms with van der Waals surface area (Å²) >= 11 is 1.01. The Kier molecular flexibility index (Phi) is 4.63. The van der Waals surface area contributed by atoms with Gasteiger partial charge in [-0.25, -0.2) is 4.98 Å². The molecule has 1 aromatic heterocycles. The summed E-state index contributed by atoms with van der Waals surface area (Å²) in [5.41, 5.74) is 2.41. The molecule has 1 aliphatic rings. The Labute approximate surface area is 164 Å². The lowest BCUT2D eigenvalue weighted by Gasteiger charge is -2.23. The summed E-state index contributed by atoms with van der Waals surface area (Å²) in [5.74, 6) is -0.127. The number of rotatable bonds is 3. The van der Waals surface area contributed by atoms with E-state index in [-0.39, 0.29) is 17.0 Å². The highest BCUT2D eigenvalue weighted by atomic mass is 32.1. The molecule has 0 N–H and O–H groups in total. The van der Waals surface area contributed by atoms with Crippen LogP contribution in [0.1, 0.15) is 29.0 Å². The molecule has 4 rings (SSSR count). The lowest BCUT2D eigenvalue weighted by Crippen LogP contribution is -2.26. The molecule has 2 aromatic carbocycles. The summed E-state index contributed by atoms with van der Waals surface area (Å²) in [6.45, 7) is 0. The van der Waals surface area contributed by atoms with Gasteiger partial charge in [0.1, 0.15) is 10.8 Å². The number of nitriles is 1. The molecule has 0 fully saturated rings. The van der Waals surface area contributed by atoms with Crippen molar-refractivity contribution >= 4 is 17.3 Å². The van der Waals surface area contributed by atoms with Gasteiger partial charge in [-0.3, -0.25) is 9.59 Å². The van der Waals surface area contributed by atoms with Crippen molar-refractivity contribution < 1.29 is 14.3 Å². The average Bonchev–Trinajstić information content (AvgIpc) is 2.73. The van der Waals surface area contributed by atoms with Gasteiger partial charge < -0.3 is 9.47 Å². The van der Waals surface area contributed by atoms with Crippen molar-refractivity contribution in [1.29, 1.82) is 5.26 Å². The number of carbonyl (C=O) groups is 1. The molecule has 6 nitrogen and oxygen atoms in total. The third kappa shape index (κ3) is 3.26. The Hall–Kier alpha value is -3.50. The van der Waals surface area contributed by atoms with E-state index >= 15 is 0 Å². The Bertz CT molecular complexity index is 1150. The van der Waals surface area contributed by atoms with Crippen LogP contribution in [0.4, 0.5) is 0 Å². The number of hydrogen-bond acceptors (Lipinski definition) is 7. The molecule has 138 valence electrons. The van der Waals surface area contributed by atoms with Crippen LogP contribution >= 0.6 is 11.3 Å². The van der Waals surface area contributed by atoms with Crippen LogP contribution in [0.2, 0.25) is 0 Å². The van der Waals surface area contributed by atoms with Crippen LogP contribution in [-0.2, 0) is 4.79 Å². The number of ether oxygens (including phenoxy) is 2. The highest BCUT2D eigenvalue weighted by molar-refractivity contribution is 7.12. The minimum absolute atomic E-state index is 0.0557. The van der Waals surface area contributed by atoms with Gasteiger partial charge in [0.05, 0.1) is 30.7 Å². The zero-order valence-corrected chi connectivity index (χ0v) is 15.7. The van der Waals surface area contributed by atoms with Gasteiger partial charge in [-0.2, -0.15) is 5.26 Å². The number of aromatic nitrogens is 1. The highest BCUT2D eigenvalue weighted by Gasteiger charge is 2.33. The van der Waals surface area contributed by atoms with Crippen molar-refractivity contribution in [2.75, 3.05) is 7.11 Å². The smallest absolute Gasteiger partial charge is 0.313 e. The molecule has 28 heavy (non-hydrogen) atoms. The van der Waals surface area contributed by atoms with E-state index in [1.54, 1.807) is 55.6 Å². The number of nitrogens with zero attached hydrogens (tertiary/aromatic N) is 2. The molecule has 0 spiro atoms. The number of carbonyl (C=O) groups excluding carboxylic acids is 1. The molecule has 7 heteroatoms. The van der Waals surface area contributed by atoms with Crippen molar-refractivity contribution in [2.45, 2.75) is 12.3 Å². The molecule has 0 saturated heterocycles. The second-order valence-electron chi connectivity index (χ2n) is 6.22. The summed E-state index contributed by atoms with van der Waals surface area (Å²) in [6, 6.07) is 16.1. The van der Waals surface area contributed by atoms with Gasteiger partial charge in [-0.15, -0.1) is 0 Å². The Morgan fingerprint density at radius 2 is 1.86 bits per heavy atom. The fourth-order valence-electron chi connectivity index (χ4n) is 3.12. The van der Waals surface area contributed by atoms with E-state index in [9.17, 15) is 9.59 Å². The molecule has 1 atom stereocenters. The van der Waals surface area contributed by atoms with Crippen molar-refractivity contribution in [3.63, 3.8) is 0 Å². The first-order valence-corrected chi connectivity index (χ1v) is 9.31. The predicted octanol–water partition coefficient (Wildman–Crippen LogP) is 3.49. The molecule has 3 aromatic rings. The SMILES string of the molecule is COc1ccc(-c2nc3c(c(=O)s2)C(c2ccc(C#N)cc2)CC(=O)O3)cc1. The topological polar surface area (TPSA) is 89.3 Å². The second-order valence-corrected chi connectivity index (χ2v) is 7.18. The number of fused-ring (bicyclic) bond motifs is 1. The normalized spacial score (nSPS) is 15.3. The van der Waals surface area contributed by atoms with Crippen LogP contribution < -0.4 is 14.2 Å². The monoisotopic (exact) mass is 390 g/mol. The summed E-state index contributed by atoms with van der Waals surface area (Å²) in [4.78, 5) is 29.5. The summed E-state index contributed by atoms with van der Waals surface area (Å²) in [5, 5.41) is 9.44. The maximum absolute atomic E-state index is 12.9. The van der Waals surface area contributed by atoms with E-state index in [0.29, 0.717) is 21.9 Å². The van der Waals surface area contributed by atoms with Gasteiger partial charge in [0, 0.05) is 11.5 Å². The van der Waals surface area contributed by atoms with Gasteiger partial charge in [0.25, 0.3) is 0 Å². The minimum Gasteiger partial charge on any atom is -0.497 e. The number of esters is 1. The molecular formula is C21H14N2O4S. The van der Waals surface area contributed by atoms with Crippen molar-refractivity contribution in [3.05, 3.63) is 74.8 Å². The maximum atomic E-state index is 12.9. The van der Waals surface area contributed by atoms with Crippen LogP contribution in [0.25, 0.3) is 10.6 Å². The van der Waals surface area contributed by atoms with E-state index < -0.39 is 11.9 Å². The van der Waals surface area contributed by atoms with Gasteiger partial charge in [0.15, 0.2) is 0 Å². The quantitative estimate of drug-likeness (QED) is 0.636. The molecule has 2 heterocycles. The van der Waals surface area contributed by atoms with Crippen molar-refractivity contribution in [1.82, 2.24) is 4.98 Å². The molecule has 0 saturated carbocycles. The fraction of sp³-hybridized carbons (Fsp3) is 0.143. The Balaban J connectivity index is 1.79. The van der Waals surface area contributed by atoms with Crippen molar-refractivity contribution in [2.24, 2.45) is 0 Å². The minimum atomic E-state index is -0.440. The van der Waals surface area contributed by atoms with E-state index in [1.165, 1.54) is 0 Å². The third-order valence-electron chi connectivity index (χ3n) is 4.55. The first kappa shape index (κ1) is 17.9. The zero-order chi connectivity index (χ0) is 19.7. The van der Waals surface area contributed by atoms with Gasteiger partial charge in [-0.1, -0.05) is 23.5 Å². The van der Waals surface area contributed by atoms with Gasteiger partial charge in [-0.05, 0) is 42.0 Å². The first-order valence-electron chi connectivity index (χ1n) is 8.49. The zero-order valence-electron chi connectivity index (χ0n) is 14.8. The summed E-state index contributed by atoms with van der Waals surface area (Å²) in [7, 11) is 1.58. The van der Waals surface area contributed by atoms with Crippen LogP contribution in [0.3, 0.4) is 0 Å². The summed E-state index contributed by atoms with van der Waals surface area (Å²) in [6.07, 6.45) is 0.0599. The maximum Gasteiger partial charge on any atom is 0.313 e. The Morgan fingerprint density at radius 3 is 2.50 bits per heavy atom. The molecule has 0 amide bonds. The molecular weight excluding hydrogens is 376 g/mol. The standard InChI is InChI=1S/C21H14N2O4S/c1-26-15-8-6-14(7-9-15)20-23-19-18(21(25)28-20)16(10-17(24)27-19)13-4-2-12(11-22)3-5-13/h2-9,16H,10H2,1H3. The summed E-state index contributed by atoms with van der Waals surface area (Å²) < 4.78 is 10.2. The van der Waals surface area contributed by atoms with Crippen LogP contribution in [0, 0.1) is 11.3 Å². The lowest BCUT2D eigenvalue weighted by molar-refractivity contribution is -0.135. The molecule has 0 bridgehead atoms. The van der Waals surface area contributed by atoms with E-state index in [2.05, 4.69) is 11.1 Å². The number of hydrogen-bond donors (Lipinski definition) is 0. The molecule has 0 radical (unpaired) electrons. The van der Waals surface area contributed by atoms with Crippen LogP contribution in [-0.4, -0.2) is 18.1 Å². The van der Waals surface area contributed by atoms with Crippen LogP contribution in [0.5, 0.6) is 11.6 Å². The first-order chi connectivity index (χ1) is 13.6. The average molecular weight is 390 g/mol. The number of benzene rings is 2. The van der Waals surface area contributed by atoms with Gasteiger partial charge in [0.2, 0.25) is 10.6 Å².